The molecule has 1 saturated heterocycles. The summed E-state index contributed by atoms with van der Waals surface area (Å²) in [6.07, 6.45) is 0.866. The first-order valence-corrected chi connectivity index (χ1v) is 6.79. The Kier molecular flexibility index (Phi) is 3.28. The lowest BCUT2D eigenvalue weighted by molar-refractivity contribution is -0.129. The van der Waals surface area contributed by atoms with Crippen molar-refractivity contribution < 1.29 is 4.79 Å². The summed E-state index contributed by atoms with van der Waals surface area (Å²) in [5.74, 6) is 0.690. The highest BCUT2D eigenvalue weighted by Gasteiger charge is 2.30. The highest BCUT2D eigenvalue weighted by molar-refractivity contribution is 5.86. The molecule has 5 heteroatoms. The predicted molar refractivity (Wildman–Crippen MR) is 79.0 cm³/mol. The number of hydrogen-bond acceptors (Lipinski definition) is 4. The maximum absolute atomic E-state index is 12.2. The van der Waals surface area contributed by atoms with Crippen molar-refractivity contribution in [3.8, 4) is 0 Å². The van der Waals surface area contributed by atoms with Crippen molar-refractivity contribution in [2.45, 2.75) is 19.0 Å². The average Bonchev–Trinajstić information content (AvgIpc) is 2.79. The van der Waals surface area contributed by atoms with Gasteiger partial charge in [-0.25, -0.2) is 4.98 Å². The number of amides is 1. The second-order valence-electron chi connectivity index (χ2n) is 5.11. The minimum atomic E-state index is -0.0428. The molecule has 1 fully saturated rings. The number of pyridine rings is 1. The zero-order valence-electron chi connectivity index (χ0n) is 11.5. The Morgan fingerprint density at radius 3 is 3.00 bits per heavy atom. The number of nitrogens with zero attached hydrogens (tertiary/aromatic N) is 2. The summed E-state index contributed by atoms with van der Waals surface area (Å²) in [5.41, 5.74) is 7.70. The summed E-state index contributed by atoms with van der Waals surface area (Å²) < 4.78 is 0. The van der Waals surface area contributed by atoms with Crippen LogP contribution in [0.3, 0.4) is 0 Å². The molecule has 0 radical (unpaired) electrons. The maximum atomic E-state index is 12.2. The number of benzene rings is 1. The van der Waals surface area contributed by atoms with Crippen LogP contribution < -0.4 is 11.1 Å². The molecule has 1 atom stereocenters. The number of nitrogens with two attached hydrogens (primary N) is 1. The van der Waals surface area contributed by atoms with Crippen molar-refractivity contribution in [2.75, 3.05) is 19.3 Å². The number of fused-ring (bicyclic) bond motifs is 1. The number of nitrogen functional groups attached to an aromatic ring is 1. The molecule has 0 aliphatic carbocycles. The maximum Gasteiger partial charge on any atom is 0.240 e. The van der Waals surface area contributed by atoms with Gasteiger partial charge in [0.05, 0.1) is 11.6 Å². The molecule has 2 heterocycles. The van der Waals surface area contributed by atoms with E-state index in [9.17, 15) is 4.79 Å². The molecule has 1 aromatic carbocycles. The molecule has 0 unspecified atom stereocenters. The Balaban J connectivity index is 1.90. The van der Waals surface area contributed by atoms with Crippen molar-refractivity contribution in [2.24, 2.45) is 0 Å². The van der Waals surface area contributed by atoms with Crippen molar-refractivity contribution in [1.82, 2.24) is 15.2 Å². The van der Waals surface area contributed by atoms with E-state index in [2.05, 4.69) is 10.3 Å². The lowest BCUT2D eigenvalue weighted by Crippen LogP contribution is -2.35. The van der Waals surface area contributed by atoms with Crippen molar-refractivity contribution in [3.05, 3.63) is 35.9 Å². The van der Waals surface area contributed by atoms with E-state index >= 15 is 0 Å². The van der Waals surface area contributed by atoms with Crippen LogP contribution >= 0.6 is 0 Å². The minimum absolute atomic E-state index is 0.0428. The largest absolute Gasteiger partial charge is 0.384 e. The van der Waals surface area contributed by atoms with Gasteiger partial charge in [-0.15, -0.1) is 0 Å². The third-order valence-corrected chi connectivity index (χ3v) is 3.85. The molecule has 3 N–H and O–H groups in total. The first kappa shape index (κ1) is 12.9. The number of rotatable bonds is 3. The number of aromatic nitrogens is 1. The van der Waals surface area contributed by atoms with Crippen LogP contribution in [0.5, 0.6) is 0 Å². The molecule has 1 aliphatic rings. The quantitative estimate of drug-likeness (QED) is 0.877. The molecule has 0 saturated carbocycles. The van der Waals surface area contributed by atoms with Gasteiger partial charge in [-0.05, 0) is 37.2 Å². The number of carbonyl (C=O) groups excluding carboxylic acids is 1. The summed E-state index contributed by atoms with van der Waals surface area (Å²) in [5, 5.41) is 4.11. The Labute approximate surface area is 117 Å². The van der Waals surface area contributed by atoms with Gasteiger partial charge >= 0.3 is 0 Å². The van der Waals surface area contributed by atoms with E-state index in [0.717, 1.165) is 29.4 Å². The van der Waals surface area contributed by atoms with Crippen molar-refractivity contribution in [1.29, 1.82) is 0 Å². The van der Waals surface area contributed by atoms with Crippen LogP contribution in [-0.2, 0) is 11.3 Å². The molecular formula is C15H18N4O. The van der Waals surface area contributed by atoms with Crippen LogP contribution in [-0.4, -0.2) is 35.4 Å². The smallest absolute Gasteiger partial charge is 0.240 e. The molecule has 20 heavy (non-hydrogen) atoms. The normalized spacial score (nSPS) is 18.9. The number of carbonyl (C=O) groups is 1. The van der Waals surface area contributed by atoms with Crippen LogP contribution in [0.4, 0.5) is 5.82 Å². The lowest BCUT2D eigenvalue weighted by Gasteiger charge is -2.18. The van der Waals surface area contributed by atoms with Gasteiger partial charge in [0.1, 0.15) is 5.82 Å². The molecule has 0 spiro atoms. The molecule has 1 aliphatic heterocycles. The van der Waals surface area contributed by atoms with E-state index in [1.54, 1.807) is 6.07 Å². The third kappa shape index (κ3) is 2.20. The van der Waals surface area contributed by atoms with Gasteiger partial charge in [0, 0.05) is 18.5 Å². The summed E-state index contributed by atoms with van der Waals surface area (Å²) in [6.45, 7) is 1.42. The number of hydrogen-bond donors (Lipinski definition) is 2. The Morgan fingerprint density at radius 1 is 1.40 bits per heavy atom. The van der Waals surface area contributed by atoms with E-state index < -0.39 is 0 Å². The first-order valence-electron chi connectivity index (χ1n) is 6.79. The fourth-order valence-electron chi connectivity index (χ4n) is 2.74. The van der Waals surface area contributed by atoms with Crippen LogP contribution in [0.15, 0.2) is 30.3 Å². The van der Waals surface area contributed by atoms with E-state index in [0.29, 0.717) is 12.4 Å². The zero-order valence-corrected chi connectivity index (χ0v) is 11.5. The molecular weight excluding hydrogens is 252 g/mol. The van der Waals surface area contributed by atoms with Crippen molar-refractivity contribution in [3.63, 3.8) is 0 Å². The fourth-order valence-corrected chi connectivity index (χ4v) is 2.74. The van der Waals surface area contributed by atoms with Crippen LogP contribution in [0.1, 0.15) is 12.0 Å². The molecule has 2 aromatic rings. The minimum Gasteiger partial charge on any atom is -0.384 e. The third-order valence-electron chi connectivity index (χ3n) is 3.85. The first-order chi connectivity index (χ1) is 9.69. The van der Waals surface area contributed by atoms with Gasteiger partial charge in [0.25, 0.3) is 0 Å². The highest BCUT2D eigenvalue weighted by atomic mass is 16.2. The number of likely N-dealkylation sites (tertiary alicyclic amines) is 1. The summed E-state index contributed by atoms with van der Waals surface area (Å²) >= 11 is 0. The van der Waals surface area contributed by atoms with Gasteiger partial charge in [0.15, 0.2) is 0 Å². The van der Waals surface area contributed by atoms with Gasteiger partial charge in [-0.2, -0.15) is 0 Å². The van der Waals surface area contributed by atoms with Crippen molar-refractivity contribution >= 4 is 22.6 Å². The van der Waals surface area contributed by atoms with Gasteiger partial charge in [0.2, 0.25) is 5.91 Å². The van der Waals surface area contributed by atoms with E-state index in [1.807, 2.05) is 36.2 Å². The van der Waals surface area contributed by atoms with Crippen LogP contribution in [0.25, 0.3) is 10.9 Å². The number of nitrogens with one attached hydrogen (secondary N) is 1. The molecule has 1 amide bonds. The van der Waals surface area contributed by atoms with E-state index in [1.165, 1.54) is 0 Å². The van der Waals surface area contributed by atoms with E-state index in [-0.39, 0.29) is 11.9 Å². The van der Waals surface area contributed by atoms with Crippen LogP contribution in [0.2, 0.25) is 0 Å². The molecule has 0 bridgehead atoms. The molecule has 5 nitrogen and oxygen atoms in total. The SMILES string of the molecule is CN[C@H]1CCN(Cc2cccc3nc(N)ccc23)C1=O. The molecule has 3 rings (SSSR count). The lowest BCUT2D eigenvalue weighted by atomic mass is 10.1. The molecule has 104 valence electrons. The fraction of sp³-hybridized carbons (Fsp3) is 0.333. The van der Waals surface area contributed by atoms with Gasteiger partial charge in [-0.1, -0.05) is 12.1 Å². The number of anilines is 1. The van der Waals surface area contributed by atoms with E-state index in [4.69, 9.17) is 5.73 Å². The average molecular weight is 270 g/mol. The predicted octanol–water partition coefficient (Wildman–Crippen LogP) is 1.14. The standard InChI is InChI=1S/C15H18N4O/c1-17-13-7-8-19(15(13)20)9-10-3-2-4-12-11(10)5-6-14(16)18-12/h2-6,13,17H,7-9H2,1H3,(H2,16,18)/t13-/m0/s1. The second kappa shape index (κ2) is 5.09. The monoisotopic (exact) mass is 270 g/mol. The molecule has 1 aromatic heterocycles. The second-order valence-corrected chi connectivity index (χ2v) is 5.11. The zero-order chi connectivity index (χ0) is 14.1. The van der Waals surface area contributed by atoms with Gasteiger partial charge in [-0.3, -0.25) is 4.79 Å². The number of likely N-dealkylation sites (N-methyl/N-ethyl adjacent to an activating group) is 1. The Morgan fingerprint density at radius 2 is 2.25 bits per heavy atom. The van der Waals surface area contributed by atoms with Gasteiger partial charge < -0.3 is 16.0 Å². The summed E-state index contributed by atoms with van der Waals surface area (Å²) in [6, 6.07) is 9.67. The summed E-state index contributed by atoms with van der Waals surface area (Å²) in [4.78, 5) is 18.4. The topological polar surface area (TPSA) is 71.2 Å². The Hall–Kier alpha value is -2.14. The summed E-state index contributed by atoms with van der Waals surface area (Å²) in [7, 11) is 1.83. The Bertz CT molecular complexity index is 655. The van der Waals surface area contributed by atoms with Crippen LogP contribution in [0, 0.1) is 0 Å². The highest BCUT2D eigenvalue weighted by Crippen LogP contribution is 2.22.